The van der Waals surface area contributed by atoms with Crippen molar-refractivity contribution in [3.8, 4) is 17.1 Å². The van der Waals surface area contributed by atoms with E-state index in [1.165, 1.54) is 14.2 Å². The lowest BCUT2D eigenvalue weighted by Gasteiger charge is -2.27. The van der Waals surface area contributed by atoms with Crippen molar-refractivity contribution >= 4 is 57.8 Å². The minimum Gasteiger partial charge on any atom is -0.495 e. The summed E-state index contributed by atoms with van der Waals surface area (Å²) < 4.78 is 16.8. The summed E-state index contributed by atoms with van der Waals surface area (Å²) in [5.74, 6) is 1.41. The number of nitrogens with one attached hydrogen (secondary N) is 2. The Kier molecular flexibility index (Phi) is 8.04. The van der Waals surface area contributed by atoms with Crippen molar-refractivity contribution in [1.29, 1.82) is 0 Å². The number of halogens is 2. The maximum absolute atomic E-state index is 12.3. The average Bonchev–Trinajstić information content (AvgIpc) is 3.54. The topological polar surface area (TPSA) is 88.9 Å². The van der Waals surface area contributed by atoms with Crippen LogP contribution >= 0.6 is 35.4 Å². The van der Waals surface area contributed by atoms with Crippen LogP contribution in [0.15, 0.2) is 77.3 Å². The lowest BCUT2D eigenvalue weighted by atomic mass is 10.0. The molecule has 1 aliphatic heterocycles. The van der Waals surface area contributed by atoms with Gasteiger partial charge in [-0.25, -0.2) is 0 Å². The molecule has 2 unspecified atom stereocenters. The van der Waals surface area contributed by atoms with Crippen LogP contribution in [0.25, 0.3) is 11.3 Å². The van der Waals surface area contributed by atoms with Crippen LogP contribution < -0.4 is 20.3 Å². The molecule has 0 bridgehead atoms. The normalized spacial score (nSPS) is 16.7. The fraction of sp³-hybridized carbons (Fsp3) is 0.179. The van der Waals surface area contributed by atoms with Crippen LogP contribution in [-0.2, 0) is 9.53 Å². The Balaban J connectivity index is 1.59. The summed E-state index contributed by atoms with van der Waals surface area (Å²) >= 11 is 18.4. The minimum absolute atomic E-state index is 0.0934. The number of furan rings is 1. The van der Waals surface area contributed by atoms with E-state index in [9.17, 15) is 4.79 Å². The number of aromatic nitrogens is 1. The van der Waals surface area contributed by atoms with Gasteiger partial charge in [0.1, 0.15) is 29.9 Å². The van der Waals surface area contributed by atoms with E-state index >= 15 is 0 Å². The second kappa shape index (κ2) is 11.6. The Labute approximate surface area is 240 Å². The highest BCUT2D eigenvalue weighted by atomic mass is 35.5. The molecule has 0 saturated carbocycles. The SMILES string of the molecule is COCC(=O)Nc1cc(N2C(=S)NC(c3ccccn3)C2c2ccc(-c3ccc(Cl)cc3Cl)o2)ccc1OC. The zero-order chi connectivity index (χ0) is 27.5. The molecule has 1 saturated heterocycles. The first-order chi connectivity index (χ1) is 18.9. The number of hydrogen-bond donors (Lipinski definition) is 2. The molecular formula is C28H24Cl2N4O4S. The zero-order valence-corrected chi connectivity index (χ0v) is 23.3. The van der Waals surface area contributed by atoms with Crippen LogP contribution in [0, 0.1) is 0 Å². The number of benzene rings is 2. The summed E-state index contributed by atoms with van der Waals surface area (Å²) in [6, 6.07) is 19.4. The monoisotopic (exact) mass is 582 g/mol. The van der Waals surface area contributed by atoms with Gasteiger partial charge in [-0.2, -0.15) is 0 Å². The molecule has 4 aromatic rings. The second-order valence-electron chi connectivity index (χ2n) is 8.69. The van der Waals surface area contributed by atoms with E-state index < -0.39 is 6.04 Å². The maximum Gasteiger partial charge on any atom is 0.250 e. The predicted molar refractivity (Wildman–Crippen MR) is 156 cm³/mol. The highest BCUT2D eigenvalue weighted by molar-refractivity contribution is 7.80. The molecule has 0 radical (unpaired) electrons. The second-order valence-corrected chi connectivity index (χ2v) is 9.92. The van der Waals surface area contributed by atoms with Crippen molar-refractivity contribution in [3.05, 3.63) is 94.4 Å². The highest BCUT2D eigenvalue weighted by Crippen LogP contribution is 2.45. The van der Waals surface area contributed by atoms with Crippen LogP contribution in [0.5, 0.6) is 5.75 Å². The molecular weight excluding hydrogens is 559 g/mol. The molecule has 2 aromatic carbocycles. The molecule has 8 nitrogen and oxygen atoms in total. The number of pyridine rings is 1. The van der Waals surface area contributed by atoms with Gasteiger partial charge in [-0.3, -0.25) is 9.78 Å². The van der Waals surface area contributed by atoms with Gasteiger partial charge in [0.2, 0.25) is 5.91 Å². The minimum atomic E-state index is -0.414. The van der Waals surface area contributed by atoms with E-state index in [4.69, 9.17) is 49.3 Å². The first-order valence-corrected chi connectivity index (χ1v) is 13.1. The van der Waals surface area contributed by atoms with Crippen LogP contribution in [0.1, 0.15) is 23.5 Å². The van der Waals surface area contributed by atoms with Crippen molar-refractivity contribution in [2.75, 3.05) is 31.0 Å². The average molecular weight is 583 g/mol. The van der Waals surface area contributed by atoms with Gasteiger partial charge in [0.25, 0.3) is 0 Å². The first kappa shape index (κ1) is 27.0. The molecule has 2 N–H and O–H groups in total. The third-order valence-electron chi connectivity index (χ3n) is 6.22. The number of amides is 1. The summed E-state index contributed by atoms with van der Waals surface area (Å²) in [6.45, 7) is -0.0934. The largest absolute Gasteiger partial charge is 0.495 e. The molecule has 200 valence electrons. The van der Waals surface area contributed by atoms with Crippen LogP contribution in [0.2, 0.25) is 10.0 Å². The van der Waals surface area contributed by atoms with Crippen LogP contribution in [-0.4, -0.2) is 36.8 Å². The van der Waals surface area contributed by atoms with Gasteiger partial charge >= 0.3 is 0 Å². The fourth-order valence-corrected chi connectivity index (χ4v) is 5.38. The van der Waals surface area contributed by atoms with Crippen molar-refractivity contribution in [1.82, 2.24) is 10.3 Å². The number of methoxy groups -OCH3 is 2. The van der Waals surface area contributed by atoms with Crippen molar-refractivity contribution in [2.24, 2.45) is 0 Å². The summed E-state index contributed by atoms with van der Waals surface area (Å²) in [4.78, 5) is 18.8. The summed E-state index contributed by atoms with van der Waals surface area (Å²) in [5, 5.41) is 7.72. The van der Waals surface area contributed by atoms with E-state index in [-0.39, 0.29) is 18.6 Å². The van der Waals surface area contributed by atoms with E-state index in [0.717, 1.165) is 11.3 Å². The molecule has 0 aliphatic carbocycles. The molecule has 3 heterocycles. The molecule has 0 spiro atoms. The molecule has 1 amide bonds. The van der Waals surface area contributed by atoms with Gasteiger partial charge in [-0.15, -0.1) is 0 Å². The third kappa shape index (κ3) is 5.58. The zero-order valence-electron chi connectivity index (χ0n) is 21.0. The molecule has 1 aliphatic rings. The number of ether oxygens (including phenoxy) is 2. The Morgan fingerprint density at radius 3 is 2.69 bits per heavy atom. The number of nitrogens with zero attached hydrogens (tertiary/aromatic N) is 2. The van der Waals surface area contributed by atoms with E-state index in [2.05, 4.69) is 15.6 Å². The van der Waals surface area contributed by atoms with Gasteiger partial charge < -0.3 is 29.4 Å². The molecule has 1 fully saturated rings. The van der Waals surface area contributed by atoms with Crippen molar-refractivity contribution < 1.29 is 18.7 Å². The third-order valence-corrected chi connectivity index (χ3v) is 7.09. The molecule has 5 rings (SSSR count). The molecule has 11 heteroatoms. The number of rotatable bonds is 8. The van der Waals surface area contributed by atoms with Gasteiger partial charge in [-0.1, -0.05) is 29.3 Å². The van der Waals surface area contributed by atoms with E-state index in [1.807, 2.05) is 47.4 Å². The number of carbonyl (C=O) groups is 1. The summed E-state index contributed by atoms with van der Waals surface area (Å²) in [6.07, 6.45) is 1.73. The predicted octanol–water partition coefficient (Wildman–Crippen LogP) is 6.42. The quantitative estimate of drug-likeness (QED) is 0.230. The number of hydrogen-bond acceptors (Lipinski definition) is 6. The molecule has 2 atom stereocenters. The Hall–Kier alpha value is -3.63. The Morgan fingerprint density at radius 1 is 1.13 bits per heavy atom. The smallest absolute Gasteiger partial charge is 0.250 e. The molecule has 2 aromatic heterocycles. The summed E-state index contributed by atoms with van der Waals surface area (Å²) in [5.41, 5.74) is 2.70. The lowest BCUT2D eigenvalue weighted by Crippen LogP contribution is -2.29. The van der Waals surface area contributed by atoms with E-state index in [0.29, 0.717) is 43.8 Å². The highest BCUT2D eigenvalue weighted by Gasteiger charge is 2.43. The Morgan fingerprint density at radius 2 is 1.97 bits per heavy atom. The fourth-order valence-electron chi connectivity index (χ4n) is 4.53. The maximum atomic E-state index is 12.3. The lowest BCUT2D eigenvalue weighted by molar-refractivity contribution is -0.119. The van der Waals surface area contributed by atoms with Gasteiger partial charge in [0, 0.05) is 29.6 Å². The van der Waals surface area contributed by atoms with Crippen LogP contribution in [0.4, 0.5) is 11.4 Å². The van der Waals surface area contributed by atoms with Gasteiger partial charge in [0.05, 0.1) is 29.6 Å². The Bertz CT molecular complexity index is 1510. The van der Waals surface area contributed by atoms with Gasteiger partial charge in [-0.05, 0) is 72.9 Å². The number of thiocarbonyl (C=S) groups is 1. The number of anilines is 2. The van der Waals surface area contributed by atoms with E-state index in [1.54, 1.807) is 30.5 Å². The first-order valence-electron chi connectivity index (χ1n) is 11.9. The van der Waals surface area contributed by atoms with Crippen LogP contribution in [0.3, 0.4) is 0 Å². The standard InChI is InChI=1S/C28H24Cl2N4O4S/c1-36-15-25(35)32-21-14-17(7-9-23(21)37-2)34-27(26(33-28(34)39)20-5-3-4-12-31-20)24-11-10-22(38-24)18-8-6-16(29)13-19(18)30/h3-14,26-27H,15H2,1-2H3,(H,32,35)(H,33,39). The van der Waals surface area contributed by atoms with Crippen molar-refractivity contribution in [2.45, 2.75) is 12.1 Å². The van der Waals surface area contributed by atoms with Gasteiger partial charge in [0.15, 0.2) is 5.11 Å². The molecule has 39 heavy (non-hydrogen) atoms. The number of carbonyl (C=O) groups excluding carboxylic acids is 1. The van der Waals surface area contributed by atoms with Crippen molar-refractivity contribution in [3.63, 3.8) is 0 Å². The summed E-state index contributed by atoms with van der Waals surface area (Å²) in [7, 11) is 2.99.